The molecule has 0 bridgehead atoms. The lowest BCUT2D eigenvalue weighted by Gasteiger charge is -2.08. The lowest BCUT2D eigenvalue weighted by molar-refractivity contribution is 0.102. The number of benzene rings is 2. The summed E-state index contributed by atoms with van der Waals surface area (Å²) in [5.41, 5.74) is 1.47. The number of hydrogen-bond acceptors (Lipinski definition) is 3. The predicted molar refractivity (Wildman–Crippen MR) is 92.0 cm³/mol. The monoisotopic (exact) mass is 416 g/mol. The zero-order valence-electron chi connectivity index (χ0n) is 11.1. The van der Waals surface area contributed by atoms with Crippen molar-refractivity contribution in [3.63, 3.8) is 0 Å². The second-order valence-corrected chi connectivity index (χ2v) is 7.41. The molecule has 110 valence electrons. The van der Waals surface area contributed by atoms with Crippen LogP contribution in [0, 0.1) is 3.57 Å². The van der Waals surface area contributed by atoms with Crippen LogP contribution < -0.4 is 10.0 Å². The first-order chi connectivity index (χ1) is 9.83. The van der Waals surface area contributed by atoms with Crippen LogP contribution in [0.3, 0.4) is 0 Å². The molecule has 2 aromatic rings. The van der Waals surface area contributed by atoms with E-state index >= 15 is 0 Å². The van der Waals surface area contributed by atoms with Crippen molar-refractivity contribution in [1.82, 2.24) is 0 Å². The molecule has 0 aliphatic rings. The molecule has 0 radical (unpaired) electrons. The number of sulfonamides is 1. The first kappa shape index (κ1) is 15.8. The molecule has 0 aliphatic heterocycles. The van der Waals surface area contributed by atoms with Gasteiger partial charge in [0.2, 0.25) is 10.0 Å². The Hall–Kier alpha value is -1.61. The van der Waals surface area contributed by atoms with Crippen LogP contribution in [0.25, 0.3) is 0 Å². The van der Waals surface area contributed by atoms with Gasteiger partial charge in [-0.25, -0.2) is 8.42 Å². The van der Waals surface area contributed by atoms with E-state index in [9.17, 15) is 13.2 Å². The molecule has 0 saturated carbocycles. The number of anilines is 2. The van der Waals surface area contributed by atoms with E-state index in [1.54, 1.807) is 42.5 Å². The molecule has 0 heterocycles. The Morgan fingerprint density at radius 1 is 1.05 bits per heavy atom. The van der Waals surface area contributed by atoms with Crippen molar-refractivity contribution in [2.75, 3.05) is 16.3 Å². The summed E-state index contributed by atoms with van der Waals surface area (Å²) in [6.45, 7) is 0. The number of carbonyl (C=O) groups is 1. The van der Waals surface area contributed by atoms with E-state index in [0.717, 1.165) is 9.83 Å². The van der Waals surface area contributed by atoms with Gasteiger partial charge in [-0.1, -0.05) is 12.1 Å². The summed E-state index contributed by atoms with van der Waals surface area (Å²) in [4.78, 5) is 12.1. The van der Waals surface area contributed by atoms with Crippen LogP contribution in [0.4, 0.5) is 11.4 Å². The van der Waals surface area contributed by atoms with Crippen LogP contribution in [0.1, 0.15) is 10.4 Å². The highest BCUT2D eigenvalue weighted by Gasteiger charge is 2.07. The third-order valence-electron chi connectivity index (χ3n) is 2.51. The maximum atomic E-state index is 12.1. The highest BCUT2D eigenvalue weighted by Crippen LogP contribution is 2.17. The van der Waals surface area contributed by atoms with Gasteiger partial charge in [0.1, 0.15) is 0 Å². The number of amides is 1. The molecule has 0 atom stereocenters. The minimum absolute atomic E-state index is 0.245. The van der Waals surface area contributed by atoms with Crippen LogP contribution in [0.15, 0.2) is 48.5 Å². The molecule has 0 unspecified atom stereocenters. The Bertz CT molecular complexity index is 775. The second kappa shape index (κ2) is 6.44. The lowest BCUT2D eigenvalue weighted by atomic mass is 10.2. The number of halogens is 1. The average Bonchev–Trinajstić information content (AvgIpc) is 2.37. The summed E-state index contributed by atoms with van der Waals surface area (Å²) in [5, 5.41) is 2.73. The Morgan fingerprint density at radius 2 is 1.71 bits per heavy atom. The first-order valence-electron chi connectivity index (χ1n) is 5.98. The van der Waals surface area contributed by atoms with Crippen molar-refractivity contribution in [3.05, 3.63) is 57.7 Å². The zero-order chi connectivity index (χ0) is 15.5. The molecule has 5 nitrogen and oxygen atoms in total. The largest absolute Gasteiger partial charge is 0.322 e. The van der Waals surface area contributed by atoms with Crippen molar-refractivity contribution >= 4 is 49.9 Å². The molecule has 0 spiro atoms. The van der Waals surface area contributed by atoms with Crippen molar-refractivity contribution in [3.8, 4) is 0 Å². The molecule has 21 heavy (non-hydrogen) atoms. The van der Waals surface area contributed by atoms with Crippen LogP contribution in [0.2, 0.25) is 0 Å². The zero-order valence-corrected chi connectivity index (χ0v) is 14.1. The van der Waals surface area contributed by atoms with Gasteiger partial charge >= 0.3 is 0 Å². The van der Waals surface area contributed by atoms with Crippen LogP contribution >= 0.6 is 22.6 Å². The Kier molecular flexibility index (Phi) is 4.84. The second-order valence-electron chi connectivity index (χ2n) is 4.42. The molecule has 2 aromatic carbocycles. The quantitative estimate of drug-likeness (QED) is 0.753. The van der Waals surface area contributed by atoms with E-state index < -0.39 is 10.0 Å². The molecular weight excluding hydrogens is 403 g/mol. The van der Waals surface area contributed by atoms with E-state index in [1.807, 2.05) is 6.07 Å². The van der Waals surface area contributed by atoms with Crippen LogP contribution in [-0.4, -0.2) is 20.6 Å². The smallest absolute Gasteiger partial charge is 0.255 e. The minimum Gasteiger partial charge on any atom is -0.322 e. The van der Waals surface area contributed by atoms with E-state index in [4.69, 9.17) is 0 Å². The van der Waals surface area contributed by atoms with Crippen molar-refractivity contribution < 1.29 is 13.2 Å². The van der Waals surface area contributed by atoms with Crippen molar-refractivity contribution in [2.24, 2.45) is 0 Å². The Balaban J connectivity index is 2.16. The fourth-order valence-corrected chi connectivity index (χ4v) is 2.81. The fraction of sp³-hybridized carbons (Fsp3) is 0.0714. The molecule has 0 fully saturated rings. The molecule has 2 N–H and O–H groups in total. The maximum absolute atomic E-state index is 12.1. The van der Waals surface area contributed by atoms with Crippen LogP contribution in [-0.2, 0) is 10.0 Å². The van der Waals surface area contributed by atoms with Gasteiger partial charge in [0.05, 0.1) is 11.9 Å². The molecule has 2 rings (SSSR count). The molecule has 1 amide bonds. The molecule has 7 heteroatoms. The number of hydrogen-bond donors (Lipinski definition) is 2. The van der Waals surface area contributed by atoms with Crippen molar-refractivity contribution in [1.29, 1.82) is 0 Å². The Labute approximate surface area is 137 Å². The van der Waals surface area contributed by atoms with Gasteiger partial charge in [0.15, 0.2) is 0 Å². The molecule has 0 aliphatic carbocycles. The van der Waals surface area contributed by atoms with Gasteiger partial charge in [-0.05, 0) is 59.0 Å². The summed E-state index contributed by atoms with van der Waals surface area (Å²) in [6, 6.07) is 13.7. The highest BCUT2D eigenvalue weighted by molar-refractivity contribution is 14.1. The number of rotatable bonds is 4. The molecule has 0 saturated heterocycles. The predicted octanol–water partition coefficient (Wildman–Crippen LogP) is 2.92. The van der Waals surface area contributed by atoms with E-state index in [-0.39, 0.29) is 5.91 Å². The number of nitrogens with one attached hydrogen (secondary N) is 2. The topological polar surface area (TPSA) is 75.3 Å². The highest BCUT2D eigenvalue weighted by atomic mass is 127. The van der Waals surface area contributed by atoms with Gasteiger partial charge in [0.25, 0.3) is 5.91 Å². The van der Waals surface area contributed by atoms with E-state index in [1.165, 1.54) is 0 Å². The van der Waals surface area contributed by atoms with Crippen LogP contribution in [0.5, 0.6) is 0 Å². The standard InChI is InChI=1S/C14H13IN2O3S/c1-21(19,20)17-13-7-3-6-12(9-13)16-14(18)10-4-2-5-11(15)8-10/h2-9,17H,1H3,(H,16,18). The third kappa shape index (κ3) is 5.01. The summed E-state index contributed by atoms with van der Waals surface area (Å²) in [5.74, 6) is -0.245. The number of carbonyl (C=O) groups excluding carboxylic acids is 1. The van der Waals surface area contributed by atoms with Gasteiger partial charge in [0, 0.05) is 14.8 Å². The van der Waals surface area contributed by atoms with Gasteiger partial charge in [-0.3, -0.25) is 9.52 Å². The molecule has 0 aromatic heterocycles. The maximum Gasteiger partial charge on any atom is 0.255 e. The summed E-state index contributed by atoms with van der Waals surface area (Å²) in [6.07, 6.45) is 1.07. The fourth-order valence-electron chi connectivity index (χ4n) is 1.71. The Morgan fingerprint density at radius 3 is 2.38 bits per heavy atom. The third-order valence-corrected chi connectivity index (χ3v) is 3.79. The molecular formula is C14H13IN2O3S. The van der Waals surface area contributed by atoms with E-state index in [2.05, 4.69) is 32.6 Å². The van der Waals surface area contributed by atoms with Crippen molar-refractivity contribution in [2.45, 2.75) is 0 Å². The summed E-state index contributed by atoms with van der Waals surface area (Å²) in [7, 11) is -3.34. The van der Waals surface area contributed by atoms with E-state index in [0.29, 0.717) is 16.9 Å². The van der Waals surface area contributed by atoms with Gasteiger partial charge in [-0.15, -0.1) is 0 Å². The van der Waals surface area contributed by atoms with Gasteiger partial charge in [-0.2, -0.15) is 0 Å². The summed E-state index contributed by atoms with van der Waals surface area (Å²) >= 11 is 2.13. The summed E-state index contributed by atoms with van der Waals surface area (Å²) < 4.78 is 25.7. The average molecular weight is 416 g/mol. The van der Waals surface area contributed by atoms with Gasteiger partial charge < -0.3 is 5.32 Å². The normalized spacial score (nSPS) is 11.0. The first-order valence-corrected chi connectivity index (χ1v) is 8.95. The lowest BCUT2D eigenvalue weighted by Crippen LogP contribution is -2.13. The minimum atomic E-state index is -3.34. The SMILES string of the molecule is CS(=O)(=O)Nc1cccc(NC(=O)c2cccc(I)c2)c1.